The van der Waals surface area contributed by atoms with Crippen molar-refractivity contribution in [2.45, 2.75) is 6.54 Å². The quantitative estimate of drug-likeness (QED) is 0.704. The minimum atomic E-state index is -5.10. The molecule has 0 amide bonds. The third-order valence-electron chi connectivity index (χ3n) is 2.58. The molecule has 0 saturated carbocycles. The van der Waals surface area contributed by atoms with Crippen molar-refractivity contribution in [2.75, 3.05) is 0 Å². The third-order valence-corrected chi connectivity index (χ3v) is 2.58. The fourth-order valence-electron chi connectivity index (χ4n) is 1.58. The zero-order chi connectivity index (χ0) is 13.3. The predicted octanol–water partition coefficient (Wildman–Crippen LogP) is -0.657. The molecule has 1 aromatic carbocycles. The Morgan fingerprint density at radius 3 is 2.58 bits per heavy atom. The first-order valence-corrected chi connectivity index (χ1v) is 5.22. The zero-order valence-electron chi connectivity index (χ0n) is 10.3. The van der Waals surface area contributed by atoms with E-state index in [-0.39, 0.29) is 56.8 Å². The monoisotopic (exact) mass is 292 g/mol. The molecule has 8 heteroatoms. The van der Waals surface area contributed by atoms with E-state index >= 15 is 0 Å². The molecule has 2 aromatic rings. The molecule has 1 heterocycles. The first kappa shape index (κ1) is 16.6. The molecule has 0 aliphatic carbocycles. The van der Waals surface area contributed by atoms with Crippen LogP contribution in [0.1, 0.15) is 0 Å². The molecule has 0 aliphatic rings. The van der Waals surface area contributed by atoms with Crippen LogP contribution in [0.2, 0.25) is 0 Å². The van der Waals surface area contributed by atoms with Crippen molar-refractivity contribution in [3.63, 3.8) is 0 Å². The van der Waals surface area contributed by atoms with Crippen molar-refractivity contribution in [3.8, 4) is 0 Å². The molecule has 1 aromatic heterocycles. The second kappa shape index (κ2) is 6.36. The molecule has 0 N–H and O–H groups in total. The molecule has 0 unspecified atom stereocenters. The van der Waals surface area contributed by atoms with Crippen molar-refractivity contribution >= 4 is 17.9 Å². The van der Waals surface area contributed by atoms with Gasteiger partial charge in [-0.15, -0.1) is 12.1 Å². The van der Waals surface area contributed by atoms with Crippen LogP contribution in [-0.4, -0.2) is 16.8 Å². The van der Waals surface area contributed by atoms with Gasteiger partial charge < -0.3 is 12.9 Å². The van der Waals surface area contributed by atoms with E-state index in [9.17, 15) is 17.7 Å². The summed E-state index contributed by atoms with van der Waals surface area (Å²) < 4.78 is 38.6. The van der Waals surface area contributed by atoms with Crippen molar-refractivity contribution in [3.05, 3.63) is 52.7 Å². The average molecular weight is 292 g/mol. The van der Waals surface area contributed by atoms with E-state index in [0.29, 0.717) is 10.9 Å². The Morgan fingerprint density at radius 2 is 1.95 bits per heavy atom. The van der Waals surface area contributed by atoms with Crippen LogP contribution in [0, 0.1) is 0 Å². The summed E-state index contributed by atoms with van der Waals surface area (Å²) in [6.45, 7) is -2.56. The Morgan fingerprint density at radius 1 is 1.32 bits per heavy atom. The summed E-state index contributed by atoms with van der Waals surface area (Å²) in [5.74, 6) is 0. The van der Waals surface area contributed by atoms with E-state index in [4.69, 9.17) is 0 Å². The molecule has 19 heavy (non-hydrogen) atoms. The van der Waals surface area contributed by atoms with E-state index in [1.54, 1.807) is 24.3 Å². The van der Waals surface area contributed by atoms with Gasteiger partial charge in [0.2, 0.25) is 5.43 Å². The van der Waals surface area contributed by atoms with Gasteiger partial charge in [-0.1, -0.05) is 12.1 Å². The molecule has 0 atom stereocenters. The maximum absolute atomic E-state index is 12.5. The number of allylic oxidation sites excluding steroid dienone is 1. The van der Waals surface area contributed by atoms with Crippen molar-refractivity contribution in [1.29, 1.82) is 0 Å². The Bertz CT molecular complexity index is 669. The summed E-state index contributed by atoms with van der Waals surface area (Å²) in [5, 5.41) is 4.06. The number of aromatic nitrogens is 2. The van der Waals surface area contributed by atoms with Crippen LogP contribution < -0.4 is 56.8 Å². The normalized spacial score (nSPS) is 11.1. The topological polar surface area (TPSA) is 34.9 Å². The Balaban J connectivity index is 0.00000180. The van der Waals surface area contributed by atoms with Crippen molar-refractivity contribution < 1.29 is 64.3 Å². The minimum absolute atomic E-state index is 0. The molecule has 0 radical (unpaired) electrons. The van der Waals surface area contributed by atoms with Gasteiger partial charge in [-0.25, -0.2) is 0 Å². The summed E-state index contributed by atoms with van der Waals surface area (Å²) in [7, 11) is 0. The van der Waals surface area contributed by atoms with Crippen LogP contribution in [0.15, 0.2) is 47.3 Å². The summed E-state index contributed by atoms with van der Waals surface area (Å²) in [6.07, 6.45) is 1.01. The Kier molecular flexibility index (Phi) is 5.57. The number of fused-ring (bicyclic) bond motifs is 1. The fraction of sp³-hybridized carbons (Fsp3) is 0.0909. The SMILES string of the molecule is C=C(Cn1ncc(=O)c2ccccc21)[B-](F)(F)F.[K+]. The molecule has 0 spiro atoms. The van der Waals surface area contributed by atoms with Crippen LogP contribution >= 0.6 is 0 Å². The molecule has 2 rings (SSSR count). The smallest absolute Gasteiger partial charge is 0.445 e. The van der Waals surface area contributed by atoms with Crippen LogP contribution in [0.25, 0.3) is 10.9 Å². The number of hydrogen-bond acceptors (Lipinski definition) is 2. The molecule has 0 fully saturated rings. The first-order chi connectivity index (χ1) is 8.39. The molecule has 0 aliphatic heterocycles. The van der Waals surface area contributed by atoms with Crippen LogP contribution in [-0.2, 0) is 6.54 Å². The van der Waals surface area contributed by atoms with E-state index < -0.39 is 19.0 Å². The average Bonchev–Trinajstić information content (AvgIpc) is 2.32. The molecule has 3 nitrogen and oxygen atoms in total. The van der Waals surface area contributed by atoms with E-state index in [0.717, 1.165) is 10.9 Å². The van der Waals surface area contributed by atoms with Gasteiger partial charge >= 0.3 is 58.4 Å². The zero-order valence-corrected chi connectivity index (χ0v) is 13.4. The van der Waals surface area contributed by atoms with Gasteiger partial charge in [-0.05, 0) is 12.1 Å². The fourth-order valence-corrected chi connectivity index (χ4v) is 1.58. The summed E-state index contributed by atoms with van der Waals surface area (Å²) in [5.41, 5.74) is -0.799. The van der Waals surface area contributed by atoms with Crippen LogP contribution in [0.4, 0.5) is 12.9 Å². The second-order valence-electron chi connectivity index (χ2n) is 3.92. The van der Waals surface area contributed by atoms with Gasteiger partial charge in [0, 0.05) is 11.9 Å². The van der Waals surface area contributed by atoms with Crippen molar-refractivity contribution in [1.82, 2.24) is 9.78 Å². The standard InChI is InChI=1S/C11H9BF3N2O.K/c1-8(12(13,14)15)7-17-10-5-3-2-4-9(10)11(18)6-16-17;/h2-6H,1,7H2;/q-1;+1. The second-order valence-corrected chi connectivity index (χ2v) is 3.92. The number of hydrogen-bond donors (Lipinski definition) is 0. The predicted molar refractivity (Wildman–Crippen MR) is 64.2 cm³/mol. The van der Waals surface area contributed by atoms with Gasteiger partial charge in [0.25, 0.3) is 0 Å². The Hall–Kier alpha value is -0.409. The molecule has 0 saturated heterocycles. The number of para-hydroxylation sites is 1. The van der Waals surface area contributed by atoms with Gasteiger partial charge in [0.1, 0.15) is 0 Å². The number of halogens is 3. The summed E-state index contributed by atoms with van der Waals surface area (Å²) >= 11 is 0. The van der Waals surface area contributed by atoms with Crippen LogP contribution in [0.5, 0.6) is 0 Å². The third kappa shape index (κ3) is 3.79. The van der Waals surface area contributed by atoms with Gasteiger partial charge in [0.15, 0.2) is 0 Å². The molecule has 94 valence electrons. The number of benzene rings is 1. The van der Waals surface area contributed by atoms with E-state index in [1.807, 2.05) is 0 Å². The van der Waals surface area contributed by atoms with E-state index in [2.05, 4.69) is 11.7 Å². The Labute approximate surface area is 150 Å². The van der Waals surface area contributed by atoms with Gasteiger partial charge in [0.05, 0.1) is 11.7 Å². The van der Waals surface area contributed by atoms with Crippen molar-refractivity contribution in [2.24, 2.45) is 0 Å². The maximum Gasteiger partial charge on any atom is 1.00 e. The minimum Gasteiger partial charge on any atom is -0.445 e. The molecular weight excluding hydrogens is 283 g/mol. The maximum atomic E-state index is 12.5. The first-order valence-electron chi connectivity index (χ1n) is 5.22. The van der Waals surface area contributed by atoms with Gasteiger partial charge in [-0.3, -0.25) is 9.48 Å². The van der Waals surface area contributed by atoms with E-state index in [1.165, 1.54) is 0 Å². The summed E-state index contributed by atoms with van der Waals surface area (Å²) in [6, 6.07) is 6.40. The molecular formula is C11H9BF3KN2O. The summed E-state index contributed by atoms with van der Waals surface area (Å²) in [4.78, 5) is 11.5. The number of nitrogens with zero attached hydrogens (tertiary/aromatic N) is 2. The van der Waals surface area contributed by atoms with Crippen LogP contribution in [0.3, 0.4) is 0 Å². The molecule has 0 bridgehead atoms. The van der Waals surface area contributed by atoms with Gasteiger partial charge in [-0.2, -0.15) is 5.10 Å². The largest absolute Gasteiger partial charge is 1.00 e. The number of rotatable bonds is 3.